The molecule has 0 amide bonds. The van der Waals surface area contributed by atoms with Crippen LogP contribution in [0.25, 0.3) is 0 Å². The molecule has 1 aromatic carbocycles. The molecule has 0 aliphatic rings. The van der Waals surface area contributed by atoms with Gasteiger partial charge in [0.25, 0.3) is 0 Å². The molecule has 0 bridgehead atoms. The molecule has 3 heteroatoms. The second-order valence-corrected chi connectivity index (χ2v) is 2.24. The molecule has 0 radical (unpaired) electrons. The summed E-state index contributed by atoms with van der Waals surface area (Å²) in [7, 11) is 0. The molecular formula is C10H14O3. The minimum atomic E-state index is -0.865. The van der Waals surface area contributed by atoms with Gasteiger partial charge in [0.15, 0.2) is 0 Å². The van der Waals surface area contributed by atoms with Crippen molar-refractivity contribution in [1.82, 2.24) is 0 Å². The number of hydrogen-bond acceptors (Lipinski definition) is 2. The molecule has 0 unspecified atom stereocenters. The number of phenols is 1. The second kappa shape index (κ2) is 6.06. The average Bonchev–Trinajstić information content (AvgIpc) is 2.12. The van der Waals surface area contributed by atoms with Crippen LogP contribution in [0, 0.1) is 0 Å². The predicted octanol–water partition coefficient (Wildman–Crippen LogP) is 2.05. The van der Waals surface area contributed by atoms with Crippen molar-refractivity contribution in [3.8, 4) is 5.75 Å². The van der Waals surface area contributed by atoms with E-state index in [0.29, 0.717) is 5.56 Å². The van der Waals surface area contributed by atoms with E-state index in [2.05, 4.69) is 0 Å². The number of carboxylic acid groups (broad SMARTS) is 1. The fourth-order valence-corrected chi connectivity index (χ4v) is 0.788. The lowest BCUT2D eigenvalue weighted by molar-refractivity contribution is -0.136. The fraction of sp³-hybridized carbons (Fsp3) is 0.300. The molecule has 13 heavy (non-hydrogen) atoms. The maximum atomic E-state index is 10.2. The van der Waals surface area contributed by atoms with Gasteiger partial charge in [-0.15, -0.1) is 0 Å². The van der Waals surface area contributed by atoms with E-state index in [-0.39, 0.29) is 12.2 Å². The summed E-state index contributed by atoms with van der Waals surface area (Å²) in [6, 6.07) is 6.11. The Morgan fingerprint density at radius 3 is 2.08 bits per heavy atom. The number of aromatic hydroxyl groups is 1. The Bertz CT molecular complexity index is 251. The predicted molar refractivity (Wildman–Crippen MR) is 50.8 cm³/mol. The number of carbonyl (C=O) groups is 1. The van der Waals surface area contributed by atoms with Crippen LogP contribution in [-0.2, 0) is 11.2 Å². The van der Waals surface area contributed by atoms with Gasteiger partial charge in [0.05, 0.1) is 6.42 Å². The summed E-state index contributed by atoms with van der Waals surface area (Å²) in [5.41, 5.74) is 0.690. The molecule has 0 aliphatic heterocycles. The van der Waals surface area contributed by atoms with Gasteiger partial charge < -0.3 is 10.2 Å². The Hall–Kier alpha value is -1.51. The van der Waals surface area contributed by atoms with Gasteiger partial charge in [-0.05, 0) is 17.7 Å². The van der Waals surface area contributed by atoms with Crippen molar-refractivity contribution < 1.29 is 15.0 Å². The summed E-state index contributed by atoms with van der Waals surface area (Å²) in [5.74, 6) is -0.713. The normalized spacial score (nSPS) is 8.46. The molecule has 0 heterocycles. The minimum Gasteiger partial charge on any atom is -0.508 e. The van der Waals surface area contributed by atoms with Gasteiger partial charge in [-0.25, -0.2) is 0 Å². The molecule has 0 aromatic heterocycles. The van der Waals surface area contributed by atoms with Crippen LogP contribution in [0.15, 0.2) is 24.3 Å². The third-order valence-corrected chi connectivity index (χ3v) is 1.29. The summed E-state index contributed by atoms with van der Waals surface area (Å²) in [6.45, 7) is 4.00. The zero-order valence-corrected chi connectivity index (χ0v) is 7.82. The lowest BCUT2D eigenvalue weighted by Gasteiger charge is -1.95. The van der Waals surface area contributed by atoms with E-state index in [1.165, 1.54) is 12.1 Å². The zero-order chi connectivity index (χ0) is 10.3. The molecule has 2 N–H and O–H groups in total. The minimum absolute atomic E-state index is 0.000278. The number of hydrogen-bond donors (Lipinski definition) is 2. The second-order valence-electron chi connectivity index (χ2n) is 2.24. The summed E-state index contributed by atoms with van der Waals surface area (Å²) in [6.07, 6.45) is 0.000278. The Balaban J connectivity index is 0.000000671. The van der Waals surface area contributed by atoms with E-state index < -0.39 is 5.97 Å². The molecule has 0 aliphatic carbocycles. The van der Waals surface area contributed by atoms with Gasteiger partial charge in [0.2, 0.25) is 0 Å². The highest BCUT2D eigenvalue weighted by atomic mass is 16.4. The smallest absolute Gasteiger partial charge is 0.307 e. The third-order valence-electron chi connectivity index (χ3n) is 1.29. The van der Waals surface area contributed by atoms with Gasteiger partial charge in [0.1, 0.15) is 5.75 Å². The number of aliphatic carboxylic acids is 1. The van der Waals surface area contributed by atoms with Gasteiger partial charge >= 0.3 is 5.97 Å². The van der Waals surface area contributed by atoms with Crippen LogP contribution in [0.5, 0.6) is 5.75 Å². The zero-order valence-electron chi connectivity index (χ0n) is 7.82. The van der Waals surface area contributed by atoms with Gasteiger partial charge in [-0.1, -0.05) is 26.0 Å². The average molecular weight is 182 g/mol. The first kappa shape index (κ1) is 11.5. The van der Waals surface area contributed by atoms with Crippen molar-refractivity contribution >= 4 is 5.97 Å². The highest BCUT2D eigenvalue weighted by Crippen LogP contribution is 2.09. The first-order valence-corrected chi connectivity index (χ1v) is 4.18. The quantitative estimate of drug-likeness (QED) is 0.735. The first-order chi connectivity index (χ1) is 6.18. The van der Waals surface area contributed by atoms with Crippen LogP contribution in [-0.4, -0.2) is 16.2 Å². The van der Waals surface area contributed by atoms with Crippen LogP contribution in [0.4, 0.5) is 0 Å². The Labute approximate surface area is 77.6 Å². The molecular weight excluding hydrogens is 168 g/mol. The topological polar surface area (TPSA) is 57.5 Å². The van der Waals surface area contributed by atoms with Crippen LogP contribution in [0.3, 0.4) is 0 Å². The van der Waals surface area contributed by atoms with Crippen LogP contribution < -0.4 is 0 Å². The van der Waals surface area contributed by atoms with Crippen LogP contribution in [0.2, 0.25) is 0 Å². The molecule has 1 rings (SSSR count). The highest BCUT2D eigenvalue weighted by molar-refractivity contribution is 5.70. The summed E-state index contributed by atoms with van der Waals surface area (Å²) in [5, 5.41) is 17.2. The molecule has 1 aromatic rings. The van der Waals surface area contributed by atoms with Gasteiger partial charge in [0, 0.05) is 0 Å². The molecule has 0 fully saturated rings. The monoisotopic (exact) mass is 182 g/mol. The molecule has 72 valence electrons. The lowest BCUT2D eigenvalue weighted by atomic mass is 10.1. The number of phenolic OH excluding ortho intramolecular Hbond substituents is 1. The van der Waals surface area contributed by atoms with Crippen LogP contribution >= 0.6 is 0 Å². The van der Waals surface area contributed by atoms with Crippen molar-refractivity contribution in [2.75, 3.05) is 0 Å². The first-order valence-electron chi connectivity index (χ1n) is 4.18. The van der Waals surface area contributed by atoms with E-state index in [4.69, 9.17) is 10.2 Å². The van der Waals surface area contributed by atoms with Crippen molar-refractivity contribution in [2.45, 2.75) is 20.3 Å². The molecule has 3 nitrogen and oxygen atoms in total. The van der Waals surface area contributed by atoms with Crippen LogP contribution in [0.1, 0.15) is 19.4 Å². The lowest BCUT2D eigenvalue weighted by Crippen LogP contribution is -1.98. The number of rotatable bonds is 2. The number of carboxylic acids is 1. The molecule has 0 spiro atoms. The SMILES string of the molecule is CC.O=C(O)Cc1ccc(O)cc1. The highest BCUT2D eigenvalue weighted by Gasteiger charge is 1.98. The summed E-state index contributed by atoms with van der Waals surface area (Å²) < 4.78 is 0. The Morgan fingerprint density at radius 2 is 1.69 bits per heavy atom. The van der Waals surface area contributed by atoms with Gasteiger partial charge in [-0.2, -0.15) is 0 Å². The van der Waals surface area contributed by atoms with Crippen molar-refractivity contribution in [1.29, 1.82) is 0 Å². The van der Waals surface area contributed by atoms with Crippen molar-refractivity contribution in [3.63, 3.8) is 0 Å². The molecule has 0 saturated heterocycles. The van der Waals surface area contributed by atoms with E-state index in [0.717, 1.165) is 0 Å². The van der Waals surface area contributed by atoms with E-state index >= 15 is 0 Å². The number of benzene rings is 1. The molecule has 0 saturated carbocycles. The van der Waals surface area contributed by atoms with Gasteiger partial charge in [-0.3, -0.25) is 4.79 Å². The standard InChI is InChI=1S/C8H8O3.C2H6/c9-7-3-1-6(2-4-7)5-8(10)11;1-2/h1-4,9H,5H2,(H,10,11);1-2H3. The van der Waals surface area contributed by atoms with Crippen molar-refractivity contribution in [3.05, 3.63) is 29.8 Å². The summed E-state index contributed by atoms with van der Waals surface area (Å²) >= 11 is 0. The van der Waals surface area contributed by atoms with Crippen molar-refractivity contribution in [2.24, 2.45) is 0 Å². The molecule has 0 atom stereocenters. The van der Waals surface area contributed by atoms with E-state index in [1.54, 1.807) is 12.1 Å². The Morgan fingerprint density at radius 1 is 1.23 bits per heavy atom. The third kappa shape index (κ3) is 4.85. The summed E-state index contributed by atoms with van der Waals surface area (Å²) in [4.78, 5) is 10.2. The maximum Gasteiger partial charge on any atom is 0.307 e. The van der Waals surface area contributed by atoms with E-state index in [1.807, 2.05) is 13.8 Å². The largest absolute Gasteiger partial charge is 0.508 e. The fourth-order valence-electron chi connectivity index (χ4n) is 0.788. The Kier molecular flexibility index (Phi) is 5.35. The van der Waals surface area contributed by atoms with E-state index in [9.17, 15) is 4.79 Å². The maximum absolute atomic E-state index is 10.2.